The van der Waals surface area contributed by atoms with Gasteiger partial charge in [0.05, 0.1) is 22.9 Å². The van der Waals surface area contributed by atoms with Crippen molar-refractivity contribution in [1.29, 1.82) is 0 Å². The molecule has 102 valence electrons. The fourth-order valence-corrected chi connectivity index (χ4v) is 3.13. The summed E-state index contributed by atoms with van der Waals surface area (Å²) in [4.78, 5) is 11.0. The Morgan fingerprint density at radius 3 is 3.37 bits per heavy atom. The number of fused-ring (bicyclic) bond motifs is 1. The van der Waals surface area contributed by atoms with Crippen molar-refractivity contribution < 1.29 is 4.74 Å². The Balaban J connectivity index is 1.64. The summed E-state index contributed by atoms with van der Waals surface area (Å²) in [7, 11) is 0. The molecule has 1 aliphatic heterocycles. The number of anilines is 1. The lowest BCUT2D eigenvalue weighted by molar-refractivity contribution is -0.0192. The number of aromatic nitrogens is 2. The number of hydrogen-bond acceptors (Lipinski definition) is 6. The van der Waals surface area contributed by atoms with Gasteiger partial charge in [-0.2, -0.15) is 0 Å². The summed E-state index contributed by atoms with van der Waals surface area (Å²) in [6, 6.07) is 2.02. The molecule has 6 heteroatoms. The van der Waals surface area contributed by atoms with Crippen molar-refractivity contribution >= 4 is 27.4 Å². The smallest absolute Gasteiger partial charge is 0.147 e. The van der Waals surface area contributed by atoms with E-state index in [4.69, 9.17) is 4.74 Å². The third-order valence-electron chi connectivity index (χ3n) is 3.41. The highest BCUT2D eigenvalue weighted by Crippen LogP contribution is 2.24. The predicted molar refractivity (Wildman–Crippen MR) is 77.8 cm³/mol. The molecule has 19 heavy (non-hydrogen) atoms. The number of morpholine rings is 1. The van der Waals surface area contributed by atoms with Crippen LogP contribution in [0.5, 0.6) is 0 Å². The Morgan fingerprint density at radius 1 is 1.53 bits per heavy atom. The molecule has 0 bridgehead atoms. The fraction of sp³-hybridized carbons (Fsp3) is 0.538. The summed E-state index contributed by atoms with van der Waals surface area (Å²) in [5, 5.41) is 5.44. The van der Waals surface area contributed by atoms with Crippen molar-refractivity contribution in [2.24, 2.45) is 0 Å². The van der Waals surface area contributed by atoms with Gasteiger partial charge in [0, 0.05) is 19.6 Å². The van der Waals surface area contributed by atoms with Crippen molar-refractivity contribution in [3.8, 4) is 0 Å². The Hall–Kier alpha value is -1.24. The molecule has 0 amide bonds. The summed E-state index contributed by atoms with van der Waals surface area (Å²) >= 11 is 1.67. The number of nitrogens with one attached hydrogen (secondary N) is 1. The van der Waals surface area contributed by atoms with Gasteiger partial charge in [0.25, 0.3) is 0 Å². The molecule has 1 fully saturated rings. The molecule has 5 nitrogen and oxygen atoms in total. The van der Waals surface area contributed by atoms with Gasteiger partial charge in [-0.05, 0) is 18.0 Å². The summed E-state index contributed by atoms with van der Waals surface area (Å²) in [5.74, 6) is 0.914. The summed E-state index contributed by atoms with van der Waals surface area (Å²) in [5.41, 5.74) is 1.00. The van der Waals surface area contributed by atoms with Gasteiger partial charge < -0.3 is 10.1 Å². The van der Waals surface area contributed by atoms with E-state index in [2.05, 4.69) is 27.1 Å². The van der Waals surface area contributed by atoms with E-state index in [1.807, 2.05) is 11.4 Å². The van der Waals surface area contributed by atoms with Crippen molar-refractivity contribution in [3.05, 3.63) is 17.8 Å². The first-order valence-electron chi connectivity index (χ1n) is 6.63. The molecular formula is C13H18N4OS. The van der Waals surface area contributed by atoms with Crippen LogP contribution in [0, 0.1) is 0 Å². The highest BCUT2D eigenvalue weighted by Gasteiger charge is 2.19. The molecule has 3 heterocycles. The second-order valence-corrected chi connectivity index (χ2v) is 5.54. The molecule has 1 atom stereocenters. The maximum atomic E-state index is 5.78. The fourth-order valence-electron chi connectivity index (χ4n) is 2.32. The largest absolute Gasteiger partial charge is 0.374 e. The normalized spacial score (nSPS) is 20.8. The molecule has 1 saturated heterocycles. The van der Waals surface area contributed by atoms with Crippen LogP contribution in [0.2, 0.25) is 0 Å². The number of ether oxygens (including phenoxy) is 1. The standard InChI is InChI=1S/C13H18N4OS/c1-2-17-4-5-18-10(8-17)7-14-13-12-11(3-6-19-12)15-9-16-13/h3,6,9-10H,2,4-5,7-8H2,1H3,(H,14,15,16). The third-order valence-corrected chi connectivity index (χ3v) is 4.32. The molecule has 1 N–H and O–H groups in total. The van der Waals surface area contributed by atoms with Crippen LogP contribution in [0.1, 0.15) is 6.92 Å². The molecule has 0 radical (unpaired) electrons. The zero-order valence-corrected chi connectivity index (χ0v) is 11.8. The van der Waals surface area contributed by atoms with Crippen LogP contribution in [0.15, 0.2) is 17.8 Å². The van der Waals surface area contributed by atoms with Crippen LogP contribution < -0.4 is 5.32 Å². The summed E-state index contributed by atoms with van der Waals surface area (Å²) in [6.07, 6.45) is 1.84. The number of rotatable bonds is 4. The zero-order chi connectivity index (χ0) is 13.1. The average molecular weight is 278 g/mol. The van der Waals surface area contributed by atoms with Crippen molar-refractivity contribution in [2.45, 2.75) is 13.0 Å². The van der Waals surface area contributed by atoms with Crippen molar-refractivity contribution in [3.63, 3.8) is 0 Å². The Kier molecular flexibility index (Phi) is 3.91. The second-order valence-electron chi connectivity index (χ2n) is 4.62. The first kappa shape index (κ1) is 12.8. The average Bonchev–Trinajstić information content (AvgIpc) is 2.94. The van der Waals surface area contributed by atoms with Gasteiger partial charge in [0.15, 0.2) is 0 Å². The summed E-state index contributed by atoms with van der Waals surface area (Å²) in [6.45, 7) is 6.91. The van der Waals surface area contributed by atoms with Gasteiger partial charge >= 0.3 is 0 Å². The Morgan fingerprint density at radius 2 is 2.47 bits per heavy atom. The maximum absolute atomic E-state index is 5.78. The van der Waals surface area contributed by atoms with Gasteiger partial charge in [-0.25, -0.2) is 9.97 Å². The van der Waals surface area contributed by atoms with E-state index < -0.39 is 0 Å². The van der Waals surface area contributed by atoms with Crippen LogP contribution in [0.4, 0.5) is 5.82 Å². The van der Waals surface area contributed by atoms with Crippen LogP contribution in [0.25, 0.3) is 10.2 Å². The minimum Gasteiger partial charge on any atom is -0.374 e. The van der Waals surface area contributed by atoms with Gasteiger partial charge in [-0.15, -0.1) is 11.3 Å². The molecule has 0 aliphatic carbocycles. The van der Waals surface area contributed by atoms with E-state index in [1.165, 1.54) is 0 Å². The molecule has 2 aromatic rings. The molecule has 2 aromatic heterocycles. The molecule has 3 rings (SSSR count). The van der Waals surface area contributed by atoms with Crippen LogP contribution >= 0.6 is 11.3 Å². The van der Waals surface area contributed by atoms with E-state index in [0.717, 1.165) is 48.8 Å². The van der Waals surface area contributed by atoms with E-state index in [9.17, 15) is 0 Å². The first-order chi connectivity index (χ1) is 9.36. The number of hydrogen-bond donors (Lipinski definition) is 1. The maximum Gasteiger partial charge on any atom is 0.147 e. The monoisotopic (exact) mass is 278 g/mol. The quantitative estimate of drug-likeness (QED) is 0.924. The molecule has 0 saturated carbocycles. The van der Waals surface area contributed by atoms with Gasteiger partial charge in [0.1, 0.15) is 12.1 Å². The van der Waals surface area contributed by atoms with Crippen LogP contribution in [-0.2, 0) is 4.74 Å². The molecule has 0 spiro atoms. The second kappa shape index (κ2) is 5.81. The Labute approximate surface area is 116 Å². The van der Waals surface area contributed by atoms with Crippen LogP contribution in [0.3, 0.4) is 0 Å². The van der Waals surface area contributed by atoms with E-state index in [1.54, 1.807) is 17.7 Å². The topological polar surface area (TPSA) is 50.3 Å². The lowest BCUT2D eigenvalue weighted by Crippen LogP contribution is -2.45. The minimum atomic E-state index is 0.235. The van der Waals surface area contributed by atoms with Gasteiger partial charge in [-0.1, -0.05) is 6.92 Å². The predicted octanol–water partition coefficient (Wildman–Crippen LogP) is 1.82. The van der Waals surface area contributed by atoms with Crippen molar-refractivity contribution in [1.82, 2.24) is 14.9 Å². The summed E-state index contributed by atoms with van der Waals surface area (Å²) < 4.78 is 6.90. The number of nitrogens with zero attached hydrogens (tertiary/aromatic N) is 3. The molecule has 1 unspecified atom stereocenters. The Bertz CT molecular complexity index is 544. The minimum absolute atomic E-state index is 0.235. The molecular weight excluding hydrogens is 260 g/mol. The highest BCUT2D eigenvalue weighted by atomic mass is 32.1. The van der Waals surface area contributed by atoms with Crippen molar-refractivity contribution in [2.75, 3.05) is 38.1 Å². The van der Waals surface area contributed by atoms with Crippen LogP contribution in [-0.4, -0.2) is 53.8 Å². The number of likely N-dealkylation sites (N-methyl/N-ethyl adjacent to an activating group) is 1. The van der Waals surface area contributed by atoms with E-state index in [-0.39, 0.29) is 6.10 Å². The van der Waals surface area contributed by atoms with E-state index >= 15 is 0 Å². The number of thiophene rings is 1. The third kappa shape index (κ3) is 2.86. The molecule has 0 aromatic carbocycles. The molecule has 1 aliphatic rings. The lowest BCUT2D eigenvalue weighted by Gasteiger charge is -2.32. The first-order valence-corrected chi connectivity index (χ1v) is 7.51. The van der Waals surface area contributed by atoms with Gasteiger partial charge in [-0.3, -0.25) is 4.90 Å². The SMILES string of the molecule is CCN1CCOC(CNc2ncnc3ccsc23)C1. The zero-order valence-electron chi connectivity index (χ0n) is 11.0. The lowest BCUT2D eigenvalue weighted by atomic mass is 10.2. The van der Waals surface area contributed by atoms with Gasteiger partial charge in [0.2, 0.25) is 0 Å². The van der Waals surface area contributed by atoms with E-state index in [0.29, 0.717) is 0 Å². The highest BCUT2D eigenvalue weighted by molar-refractivity contribution is 7.17.